The van der Waals surface area contributed by atoms with Crippen LogP contribution in [0, 0.1) is 0 Å². The van der Waals surface area contributed by atoms with E-state index in [0.717, 1.165) is 32.4 Å². The first kappa shape index (κ1) is 13.5. The number of ether oxygens (including phenoxy) is 1. The van der Waals surface area contributed by atoms with E-state index >= 15 is 0 Å². The predicted octanol–water partition coefficient (Wildman–Crippen LogP) is 2.30. The van der Waals surface area contributed by atoms with Gasteiger partial charge in [-0.2, -0.15) is 0 Å². The van der Waals surface area contributed by atoms with Crippen molar-refractivity contribution >= 4 is 6.09 Å². The Kier molecular flexibility index (Phi) is 4.37. The molecule has 2 saturated heterocycles. The highest BCUT2D eigenvalue weighted by Gasteiger charge is 2.35. The quantitative estimate of drug-likeness (QED) is 0.765. The van der Waals surface area contributed by atoms with Gasteiger partial charge in [0.25, 0.3) is 5.92 Å². The fraction of sp³-hybridized carbons (Fsp3) is 0.917. The topological polar surface area (TPSA) is 32.8 Å². The van der Waals surface area contributed by atoms with Gasteiger partial charge in [-0.15, -0.1) is 0 Å². The Hall–Kier alpha value is -0.910. The number of nitrogens with zero attached hydrogens (tertiary/aromatic N) is 2. The second kappa shape index (κ2) is 5.82. The van der Waals surface area contributed by atoms with Crippen LogP contribution in [0.15, 0.2) is 0 Å². The molecule has 0 saturated carbocycles. The van der Waals surface area contributed by atoms with Gasteiger partial charge in [-0.1, -0.05) is 0 Å². The van der Waals surface area contributed by atoms with E-state index in [2.05, 4.69) is 0 Å². The number of hydrogen-bond acceptors (Lipinski definition) is 3. The minimum absolute atomic E-state index is 0.0229. The highest BCUT2D eigenvalue weighted by Crippen LogP contribution is 2.26. The highest BCUT2D eigenvalue weighted by atomic mass is 19.3. The van der Waals surface area contributed by atoms with E-state index in [1.807, 2.05) is 0 Å². The summed E-state index contributed by atoms with van der Waals surface area (Å²) >= 11 is 0. The molecule has 2 rings (SSSR count). The standard InChI is InChI=1S/C12H20F2N2O2/c13-12(14)5-4-6-15(9-12)10-18-11(17)16-7-2-1-3-8-16/h1-10H2. The van der Waals surface area contributed by atoms with Crippen LogP contribution in [0.1, 0.15) is 32.1 Å². The molecule has 4 nitrogen and oxygen atoms in total. The lowest BCUT2D eigenvalue weighted by Gasteiger charge is -2.33. The van der Waals surface area contributed by atoms with Crippen LogP contribution in [0.5, 0.6) is 0 Å². The number of alkyl halides is 2. The van der Waals surface area contributed by atoms with Crippen molar-refractivity contribution in [2.24, 2.45) is 0 Å². The van der Waals surface area contributed by atoms with Gasteiger partial charge in [0.2, 0.25) is 0 Å². The summed E-state index contributed by atoms with van der Waals surface area (Å²) in [5.41, 5.74) is 0. The first-order chi connectivity index (χ1) is 8.57. The molecular weight excluding hydrogens is 242 g/mol. The fourth-order valence-corrected chi connectivity index (χ4v) is 2.47. The van der Waals surface area contributed by atoms with Crippen LogP contribution >= 0.6 is 0 Å². The third-order valence-corrected chi connectivity index (χ3v) is 3.46. The Morgan fingerprint density at radius 2 is 1.83 bits per heavy atom. The monoisotopic (exact) mass is 262 g/mol. The molecule has 0 aromatic heterocycles. The zero-order chi connectivity index (χ0) is 13.0. The second-order valence-electron chi connectivity index (χ2n) is 5.10. The zero-order valence-corrected chi connectivity index (χ0v) is 10.5. The number of hydrogen-bond donors (Lipinski definition) is 0. The zero-order valence-electron chi connectivity index (χ0n) is 10.5. The van der Waals surface area contributed by atoms with Crippen molar-refractivity contribution in [3.63, 3.8) is 0 Å². The molecule has 104 valence electrons. The Morgan fingerprint density at radius 3 is 2.50 bits per heavy atom. The SMILES string of the molecule is O=C(OCN1CCCC(F)(F)C1)N1CCCCC1. The Bertz CT molecular complexity index is 294. The van der Waals surface area contributed by atoms with Gasteiger partial charge in [-0.25, -0.2) is 13.6 Å². The lowest BCUT2D eigenvalue weighted by atomic mass is 10.1. The summed E-state index contributed by atoms with van der Waals surface area (Å²) in [5.74, 6) is -2.64. The minimum Gasteiger partial charge on any atom is -0.433 e. The van der Waals surface area contributed by atoms with Crippen molar-refractivity contribution in [2.75, 3.05) is 32.9 Å². The minimum atomic E-state index is -2.64. The molecule has 0 unspecified atom stereocenters. The second-order valence-corrected chi connectivity index (χ2v) is 5.10. The van der Waals surface area contributed by atoms with Gasteiger partial charge in [-0.3, -0.25) is 4.90 Å². The van der Waals surface area contributed by atoms with Crippen LogP contribution in [-0.2, 0) is 4.74 Å². The molecule has 6 heteroatoms. The molecule has 0 atom stereocenters. The summed E-state index contributed by atoms with van der Waals surface area (Å²) in [7, 11) is 0. The van der Waals surface area contributed by atoms with Crippen LogP contribution in [-0.4, -0.2) is 54.7 Å². The van der Waals surface area contributed by atoms with Gasteiger partial charge < -0.3 is 9.64 Å². The average molecular weight is 262 g/mol. The first-order valence-electron chi connectivity index (χ1n) is 6.59. The van der Waals surface area contributed by atoms with Crippen molar-refractivity contribution in [1.82, 2.24) is 9.80 Å². The van der Waals surface area contributed by atoms with Gasteiger partial charge in [0.1, 0.15) is 6.73 Å². The van der Waals surface area contributed by atoms with Crippen LogP contribution in [0.4, 0.5) is 13.6 Å². The van der Waals surface area contributed by atoms with E-state index in [4.69, 9.17) is 4.74 Å². The van der Waals surface area contributed by atoms with Gasteiger partial charge in [0, 0.05) is 26.1 Å². The predicted molar refractivity (Wildman–Crippen MR) is 62.5 cm³/mol. The molecule has 2 heterocycles. The summed E-state index contributed by atoms with van der Waals surface area (Å²) in [6, 6.07) is 0. The van der Waals surface area contributed by atoms with Gasteiger partial charge >= 0.3 is 6.09 Å². The molecule has 0 spiro atoms. The van der Waals surface area contributed by atoms with Crippen LogP contribution < -0.4 is 0 Å². The number of carbonyl (C=O) groups is 1. The average Bonchev–Trinajstić information content (AvgIpc) is 2.36. The number of likely N-dealkylation sites (tertiary alicyclic amines) is 2. The Balaban J connectivity index is 1.72. The molecule has 0 radical (unpaired) electrons. The van der Waals surface area contributed by atoms with Gasteiger partial charge in [0.15, 0.2) is 0 Å². The smallest absolute Gasteiger partial charge is 0.411 e. The Morgan fingerprint density at radius 1 is 1.11 bits per heavy atom. The number of rotatable bonds is 2. The maximum absolute atomic E-state index is 13.1. The molecule has 2 aliphatic heterocycles. The van der Waals surface area contributed by atoms with Gasteiger partial charge in [-0.05, 0) is 25.7 Å². The van der Waals surface area contributed by atoms with Crippen molar-refractivity contribution in [1.29, 1.82) is 0 Å². The number of amides is 1. The number of halogens is 2. The third-order valence-electron chi connectivity index (χ3n) is 3.46. The van der Waals surface area contributed by atoms with Crippen molar-refractivity contribution < 1.29 is 18.3 Å². The Labute approximate surface area is 106 Å². The van der Waals surface area contributed by atoms with E-state index in [9.17, 15) is 13.6 Å². The highest BCUT2D eigenvalue weighted by molar-refractivity contribution is 5.67. The van der Waals surface area contributed by atoms with Crippen molar-refractivity contribution in [3.8, 4) is 0 Å². The molecular formula is C12H20F2N2O2. The van der Waals surface area contributed by atoms with E-state index in [1.165, 1.54) is 4.90 Å². The molecule has 0 N–H and O–H groups in total. The molecule has 2 aliphatic rings. The molecule has 0 aromatic rings. The first-order valence-corrected chi connectivity index (χ1v) is 6.59. The summed E-state index contributed by atoms with van der Waals surface area (Å²) < 4.78 is 31.4. The van der Waals surface area contributed by atoms with E-state index in [0.29, 0.717) is 13.0 Å². The normalized spacial score (nSPS) is 24.9. The third kappa shape index (κ3) is 3.80. The summed E-state index contributed by atoms with van der Waals surface area (Å²) in [5, 5.41) is 0. The van der Waals surface area contributed by atoms with Crippen molar-refractivity contribution in [3.05, 3.63) is 0 Å². The van der Waals surface area contributed by atoms with Gasteiger partial charge in [0.05, 0.1) is 6.54 Å². The van der Waals surface area contributed by atoms with E-state index in [1.54, 1.807) is 4.90 Å². The van der Waals surface area contributed by atoms with Crippen LogP contribution in [0.3, 0.4) is 0 Å². The summed E-state index contributed by atoms with van der Waals surface area (Å²) in [4.78, 5) is 14.9. The van der Waals surface area contributed by atoms with E-state index in [-0.39, 0.29) is 25.8 Å². The summed E-state index contributed by atoms with van der Waals surface area (Å²) in [6.07, 6.45) is 3.15. The number of piperidine rings is 2. The van der Waals surface area contributed by atoms with Crippen molar-refractivity contribution in [2.45, 2.75) is 38.0 Å². The maximum atomic E-state index is 13.1. The fourth-order valence-electron chi connectivity index (χ4n) is 2.47. The molecule has 1 amide bonds. The molecule has 0 aromatic carbocycles. The lowest BCUT2D eigenvalue weighted by Crippen LogP contribution is -2.45. The number of carbonyl (C=O) groups excluding carboxylic acids is 1. The molecule has 2 fully saturated rings. The molecule has 0 aliphatic carbocycles. The molecule has 0 bridgehead atoms. The largest absolute Gasteiger partial charge is 0.433 e. The van der Waals surface area contributed by atoms with E-state index < -0.39 is 5.92 Å². The van der Waals surface area contributed by atoms with Crippen LogP contribution in [0.2, 0.25) is 0 Å². The summed E-state index contributed by atoms with van der Waals surface area (Å²) in [6.45, 7) is 1.68. The lowest BCUT2D eigenvalue weighted by molar-refractivity contribution is -0.0862. The van der Waals surface area contributed by atoms with Crippen LogP contribution in [0.25, 0.3) is 0 Å². The maximum Gasteiger partial charge on any atom is 0.411 e. The molecule has 18 heavy (non-hydrogen) atoms.